The first-order chi connectivity index (χ1) is 10.8. The standard InChI is InChI=1S/C19H44O2Si3/c1-12-16-17-22(6,7)18(5)20-24(10,11)19(13-2,14-3)21-23(8,9)15-4/h15,18H,4,12-14,16-17H2,1-3,5-11H3. The van der Waals surface area contributed by atoms with Gasteiger partial charge in [-0.1, -0.05) is 58.5 Å². The molecular weight excluding hydrogens is 344 g/mol. The van der Waals surface area contributed by atoms with Crippen molar-refractivity contribution in [2.75, 3.05) is 0 Å². The normalized spacial score (nSPS) is 15.4. The molecule has 0 rings (SSSR count). The molecule has 5 heteroatoms. The molecule has 0 heterocycles. The summed E-state index contributed by atoms with van der Waals surface area (Å²) in [5.41, 5.74) is 2.45. The highest BCUT2D eigenvalue weighted by Gasteiger charge is 2.51. The van der Waals surface area contributed by atoms with Crippen molar-refractivity contribution in [2.45, 2.75) is 110 Å². The van der Waals surface area contributed by atoms with Crippen LogP contribution in [-0.2, 0) is 8.85 Å². The SMILES string of the molecule is C=C[Si](C)(C)OC(CC)(CC)[Si](C)(C)OC(C)[Si](C)(C)CCCC. The largest absolute Gasteiger partial charge is 0.415 e. The maximum absolute atomic E-state index is 6.90. The Morgan fingerprint density at radius 2 is 1.50 bits per heavy atom. The predicted molar refractivity (Wildman–Crippen MR) is 117 cm³/mol. The van der Waals surface area contributed by atoms with E-state index in [1.54, 1.807) is 0 Å². The van der Waals surface area contributed by atoms with Crippen molar-refractivity contribution in [3.05, 3.63) is 12.3 Å². The summed E-state index contributed by atoms with van der Waals surface area (Å²) in [6.45, 7) is 27.4. The minimum Gasteiger partial charge on any atom is -0.415 e. The molecule has 0 aromatic heterocycles. The molecule has 0 aromatic carbocycles. The molecule has 1 atom stereocenters. The van der Waals surface area contributed by atoms with Crippen LogP contribution in [0.3, 0.4) is 0 Å². The van der Waals surface area contributed by atoms with Crippen molar-refractivity contribution in [3.8, 4) is 0 Å². The highest BCUT2D eigenvalue weighted by Crippen LogP contribution is 2.37. The van der Waals surface area contributed by atoms with Gasteiger partial charge in [0.05, 0.1) is 13.3 Å². The summed E-state index contributed by atoms with van der Waals surface area (Å²) < 4.78 is 13.7. The average molecular weight is 389 g/mol. The first kappa shape index (κ1) is 24.3. The summed E-state index contributed by atoms with van der Waals surface area (Å²) in [7, 11) is -5.23. The summed E-state index contributed by atoms with van der Waals surface area (Å²) in [5.74, 6) is 0. The molecule has 0 amide bonds. The second-order valence-corrected chi connectivity index (χ2v) is 22.3. The molecule has 0 saturated heterocycles. The fraction of sp³-hybridized carbons (Fsp3) is 0.895. The molecule has 0 aliphatic rings. The first-order valence-electron chi connectivity index (χ1n) is 9.84. The highest BCUT2D eigenvalue weighted by atomic mass is 28.4. The van der Waals surface area contributed by atoms with Crippen LogP contribution in [-0.4, -0.2) is 35.7 Å². The quantitative estimate of drug-likeness (QED) is 0.347. The molecule has 0 aliphatic heterocycles. The van der Waals surface area contributed by atoms with Crippen molar-refractivity contribution in [3.63, 3.8) is 0 Å². The summed E-state index contributed by atoms with van der Waals surface area (Å²) in [5, 5.41) is -0.111. The van der Waals surface area contributed by atoms with Crippen molar-refractivity contribution in [1.29, 1.82) is 0 Å². The van der Waals surface area contributed by atoms with E-state index < -0.39 is 24.7 Å². The Balaban J connectivity index is 5.43. The summed E-state index contributed by atoms with van der Waals surface area (Å²) >= 11 is 0. The Kier molecular flexibility index (Phi) is 9.43. The van der Waals surface area contributed by atoms with Crippen molar-refractivity contribution in [1.82, 2.24) is 0 Å². The number of hydrogen-bond donors (Lipinski definition) is 0. The third kappa shape index (κ3) is 6.24. The maximum atomic E-state index is 6.90. The Morgan fingerprint density at radius 1 is 1.00 bits per heavy atom. The average Bonchev–Trinajstić information content (AvgIpc) is 2.50. The van der Waals surface area contributed by atoms with Crippen molar-refractivity contribution >= 4 is 24.7 Å². The van der Waals surface area contributed by atoms with Gasteiger partial charge in [0.2, 0.25) is 16.6 Å². The number of hydrogen-bond acceptors (Lipinski definition) is 2. The van der Waals surface area contributed by atoms with Crippen LogP contribution in [0.2, 0.25) is 45.3 Å². The monoisotopic (exact) mass is 388 g/mol. The van der Waals surface area contributed by atoms with Gasteiger partial charge < -0.3 is 8.85 Å². The van der Waals surface area contributed by atoms with E-state index in [-0.39, 0.29) is 5.22 Å². The number of unbranched alkanes of at least 4 members (excludes halogenated alkanes) is 1. The summed E-state index contributed by atoms with van der Waals surface area (Å²) in [6.07, 6.45) is 4.65. The van der Waals surface area contributed by atoms with Gasteiger partial charge in [-0.05, 0) is 46.0 Å². The van der Waals surface area contributed by atoms with E-state index in [0.29, 0.717) is 5.73 Å². The minimum absolute atomic E-state index is 0.111. The van der Waals surface area contributed by atoms with Gasteiger partial charge >= 0.3 is 0 Å². The molecule has 0 aromatic rings. The number of rotatable bonds is 12. The second-order valence-electron chi connectivity index (χ2n) is 8.97. The van der Waals surface area contributed by atoms with Crippen LogP contribution < -0.4 is 0 Å². The second kappa shape index (κ2) is 9.31. The maximum Gasteiger partial charge on any atom is 0.216 e. The highest BCUT2D eigenvalue weighted by molar-refractivity contribution is 6.82. The lowest BCUT2D eigenvalue weighted by molar-refractivity contribution is 0.0923. The smallest absolute Gasteiger partial charge is 0.216 e. The van der Waals surface area contributed by atoms with Crippen LogP contribution in [0.5, 0.6) is 0 Å². The molecule has 24 heavy (non-hydrogen) atoms. The van der Waals surface area contributed by atoms with E-state index in [0.717, 1.165) is 12.8 Å². The van der Waals surface area contributed by atoms with Gasteiger partial charge in [-0.25, -0.2) is 0 Å². The molecule has 0 saturated carbocycles. The zero-order valence-electron chi connectivity index (χ0n) is 18.2. The van der Waals surface area contributed by atoms with Gasteiger partial charge in [0.25, 0.3) is 0 Å². The van der Waals surface area contributed by atoms with E-state index in [1.165, 1.54) is 18.9 Å². The Morgan fingerprint density at radius 3 is 1.88 bits per heavy atom. The molecule has 2 nitrogen and oxygen atoms in total. The van der Waals surface area contributed by atoms with E-state index >= 15 is 0 Å². The Hall–Kier alpha value is 0.311. The lowest BCUT2D eigenvalue weighted by atomic mass is 10.2. The van der Waals surface area contributed by atoms with E-state index in [1.807, 2.05) is 0 Å². The first-order valence-corrected chi connectivity index (χ1v) is 19.0. The fourth-order valence-electron chi connectivity index (χ4n) is 3.46. The van der Waals surface area contributed by atoms with Crippen LogP contribution in [0, 0.1) is 0 Å². The van der Waals surface area contributed by atoms with Crippen LogP contribution in [0.25, 0.3) is 0 Å². The van der Waals surface area contributed by atoms with Crippen LogP contribution in [0.15, 0.2) is 12.3 Å². The Labute approximate surface area is 155 Å². The zero-order valence-corrected chi connectivity index (χ0v) is 21.2. The summed E-state index contributed by atoms with van der Waals surface area (Å²) in [6, 6.07) is 1.36. The molecule has 0 fully saturated rings. The van der Waals surface area contributed by atoms with Crippen molar-refractivity contribution < 1.29 is 8.85 Å². The van der Waals surface area contributed by atoms with Gasteiger partial charge in [0, 0.05) is 5.73 Å². The molecule has 0 aliphatic carbocycles. The Bertz CT molecular complexity index is 388. The predicted octanol–water partition coefficient (Wildman–Crippen LogP) is 6.69. The van der Waals surface area contributed by atoms with Crippen molar-refractivity contribution in [2.24, 2.45) is 0 Å². The fourth-order valence-corrected chi connectivity index (χ4v) is 13.2. The van der Waals surface area contributed by atoms with E-state index in [2.05, 4.69) is 79.3 Å². The molecule has 0 radical (unpaired) electrons. The minimum atomic E-state index is -2.02. The van der Waals surface area contributed by atoms with Gasteiger partial charge in [0.1, 0.15) is 0 Å². The third-order valence-corrected chi connectivity index (χ3v) is 16.2. The van der Waals surface area contributed by atoms with E-state index in [4.69, 9.17) is 8.85 Å². The van der Waals surface area contributed by atoms with Gasteiger partial charge in [-0.2, -0.15) is 0 Å². The molecule has 0 N–H and O–H groups in total. The molecule has 144 valence electrons. The molecule has 0 bridgehead atoms. The molecular formula is C19H44O2Si3. The lowest BCUT2D eigenvalue weighted by Crippen LogP contribution is -2.64. The zero-order chi connectivity index (χ0) is 19.2. The molecule has 0 spiro atoms. The van der Waals surface area contributed by atoms with E-state index in [9.17, 15) is 0 Å². The lowest BCUT2D eigenvalue weighted by Gasteiger charge is -2.49. The van der Waals surface area contributed by atoms with Gasteiger partial charge in [-0.3, -0.25) is 0 Å². The molecule has 1 unspecified atom stereocenters. The summed E-state index contributed by atoms with van der Waals surface area (Å²) in [4.78, 5) is 0. The third-order valence-electron chi connectivity index (χ3n) is 5.94. The van der Waals surface area contributed by atoms with Crippen LogP contribution >= 0.6 is 0 Å². The van der Waals surface area contributed by atoms with Crippen LogP contribution in [0.4, 0.5) is 0 Å². The van der Waals surface area contributed by atoms with Gasteiger partial charge in [-0.15, -0.1) is 6.58 Å². The van der Waals surface area contributed by atoms with Crippen LogP contribution in [0.1, 0.15) is 53.4 Å². The van der Waals surface area contributed by atoms with Gasteiger partial charge in [0.15, 0.2) is 0 Å². The topological polar surface area (TPSA) is 18.5 Å².